The molecule has 2 amide bonds. The van der Waals surface area contributed by atoms with E-state index in [9.17, 15) is 18.4 Å². The molecule has 10 heteroatoms. The lowest BCUT2D eigenvalue weighted by Gasteiger charge is -2.07. The molecule has 5 N–H and O–H groups in total. The molecule has 0 bridgehead atoms. The van der Waals surface area contributed by atoms with Gasteiger partial charge in [0.1, 0.15) is 6.04 Å². The van der Waals surface area contributed by atoms with E-state index in [1.807, 2.05) is 25.1 Å². The van der Waals surface area contributed by atoms with Gasteiger partial charge in [0.25, 0.3) is 5.91 Å². The van der Waals surface area contributed by atoms with Crippen molar-refractivity contribution in [2.24, 2.45) is 15.7 Å². The summed E-state index contributed by atoms with van der Waals surface area (Å²) in [4.78, 5) is 32.1. The van der Waals surface area contributed by atoms with Crippen LogP contribution in [-0.4, -0.2) is 29.8 Å². The number of anilines is 2. The van der Waals surface area contributed by atoms with Gasteiger partial charge in [0.2, 0.25) is 17.8 Å². The maximum Gasteiger partial charge on any atom is 0.252 e. The molecule has 1 heterocycles. The van der Waals surface area contributed by atoms with Crippen LogP contribution < -0.4 is 21.7 Å². The standard InChI is InChI=1S/C19H18F2N6O2/c1-10-3-2-4-11(7-10)24-18(22)27-19-25-15(17(29)26-19)9-16(28)23-12-5-6-13(20)14(21)8-12/h2-8,15H,9H2,1H3,(H,23,28)(H4,22,24,25,26,27,29). The fourth-order valence-corrected chi connectivity index (χ4v) is 2.60. The summed E-state index contributed by atoms with van der Waals surface area (Å²) in [5.41, 5.74) is 7.64. The molecule has 29 heavy (non-hydrogen) atoms. The molecule has 1 atom stereocenters. The van der Waals surface area contributed by atoms with Gasteiger partial charge in [-0.05, 0) is 36.8 Å². The van der Waals surface area contributed by atoms with Gasteiger partial charge >= 0.3 is 0 Å². The minimum atomic E-state index is -1.09. The summed E-state index contributed by atoms with van der Waals surface area (Å²) in [6.07, 6.45) is -0.297. The van der Waals surface area contributed by atoms with Gasteiger partial charge < -0.3 is 16.4 Å². The van der Waals surface area contributed by atoms with Crippen molar-refractivity contribution in [2.75, 3.05) is 10.6 Å². The van der Waals surface area contributed by atoms with E-state index in [4.69, 9.17) is 5.73 Å². The number of hydrogen-bond donors (Lipinski definition) is 4. The Balaban J connectivity index is 1.61. The Morgan fingerprint density at radius 3 is 2.66 bits per heavy atom. The van der Waals surface area contributed by atoms with Gasteiger partial charge in [-0.1, -0.05) is 12.1 Å². The molecule has 150 valence electrons. The predicted octanol–water partition coefficient (Wildman–Crippen LogP) is 1.88. The van der Waals surface area contributed by atoms with Gasteiger partial charge in [-0.25, -0.2) is 13.8 Å². The zero-order valence-corrected chi connectivity index (χ0v) is 15.4. The van der Waals surface area contributed by atoms with E-state index in [1.54, 1.807) is 6.07 Å². The van der Waals surface area contributed by atoms with E-state index < -0.39 is 29.5 Å². The number of aliphatic imine (C=N–C) groups is 2. The van der Waals surface area contributed by atoms with Crippen LogP contribution in [0.3, 0.4) is 0 Å². The molecule has 1 aliphatic heterocycles. The van der Waals surface area contributed by atoms with Crippen molar-refractivity contribution in [2.45, 2.75) is 19.4 Å². The first kappa shape index (κ1) is 19.9. The molecule has 0 radical (unpaired) electrons. The van der Waals surface area contributed by atoms with E-state index in [0.717, 1.165) is 23.4 Å². The highest BCUT2D eigenvalue weighted by molar-refractivity contribution is 6.11. The first-order valence-electron chi connectivity index (χ1n) is 8.61. The van der Waals surface area contributed by atoms with Crippen molar-refractivity contribution in [1.82, 2.24) is 5.32 Å². The number of guanidine groups is 2. The number of nitrogens with two attached hydrogens (primary N) is 1. The molecule has 0 fully saturated rings. The fraction of sp³-hybridized carbons (Fsp3) is 0.158. The maximum absolute atomic E-state index is 13.2. The molecule has 0 spiro atoms. The second-order valence-electron chi connectivity index (χ2n) is 6.33. The third-order valence-electron chi connectivity index (χ3n) is 3.91. The van der Waals surface area contributed by atoms with Crippen LogP contribution in [0.15, 0.2) is 52.4 Å². The molecule has 2 aromatic carbocycles. The van der Waals surface area contributed by atoms with E-state index in [2.05, 4.69) is 25.9 Å². The Kier molecular flexibility index (Phi) is 5.82. The molecule has 0 saturated heterocycles. The van der Waals surface area contributed by atoms with Crippen molar-refractivity contribution < 1.29 is 18.4 Å². The summed E-state index contributed by atoms with van der Waals surface area (Å²) in [5, 5.41) is 7.69. The van der Waals surface area contributed by atoms with Gasteiger partial charge in [0.05, 0.1) is 6.42 Å². The quantitative estimate of drug-likeness (QED) is 0.463. The van der Waals surface area contributed by atoms with Crippen molar-refractivity contribution in [3.63, 3.8) is 0 Å². The van der Waals surface area contributed by atoms with Gasteiger partial charge in [-0.2, -0.15) is 4.99 Å². The Hall–Kier alpha value is -3.82. The SMILES string of the molecule is Cc1cccc(N/C(N)=N/C2=NC(CC(=O)Nc3ccc(F)c(F)c3)C(=O)N2)c1. The van der Waals surface area contributed by atoms with Crippen LogP contribution in [0.2, 0.25) is 0 Å². The zero-order valence-electron chi connectivity index (χ0n) is 15.4. The van der Waals surface area contributed by atoms with E-state index in [-0.39, 0.29) is 24.0 Å². The monoisotopic (exact) mass is 400 g/mol. The smallest absolute Gasteiger partial charge is 0.252 e. The highest BCUT2D eigenvalue weighted by Gasteiger charge is 2.28. The minimum absolute atomic E-state index is 0.0153. The summed E-state index contributed by atoms with van der Waals surface area (Å²) < 4.78 is 26.1. The molecular weight excluding hydrogens is 382 g/mol. The minimum Gasteiger partial charge on any atom is -0.369 e. The molecule has 1 aliphatic rings. The van der Waals surface area contributed by atoms with Crippen LogP contribution in [0.1, 0.15) is 12.0 Å². The largest absolute Gasteiger partial charge is 0.369 e. The summed E-state index contributed by atoms with van der Waals surface area (Å²) in [7, 11) is 0. The first-order chi connectivity index (χ1) is 13.8. The van der Waals surface area contributed by atoms with Crippen LogP contribution >= 0.6 is 0 Å². The normalized spacial score (nSPS) is 16.2. The van der Waals surface area contributed by atoms with Crippen LogP contribution in [0, 0.1) is 18.6 Å². The van der Waals surface area contributed by atoms with Crippen LogP contribution in [0.25, 0.3) is 0 Å². The van der Waals surface area contributed by atoms with E-state index in [1.165, 1.54) is 6.07 Å². The Labute approximate surface area is 164 Å². The predicted molar refractivity (Wildman–Crippen MR) is 105 cm³/mol. The summed E-state index contributed by atoms with van der Waals surface area (Å²) in [6, 6.07) is 9.38. The topological polar surface area (TPSA) is 121 Å². The molecule has 0 saturated carbocycles. The first-order valence-corrected chi connectivity index (χ1v) is 8.61. The van der Waals surface area contributed by atoms with Gasteiger partial charge in [0, 0.05) is 17.4 Å². The number of benzene rings is 2. The number of carbonyl (C=O) groups is 2. The molecule has 1 unspecified atom stereocenters. The van der Waals surface area contributed by atoms with Crippen molar-refractivity contribution in [3.8, 4) is 0 Å². The number of carbonyl (C=O) groups excluding carboxylic acids is 2. The van der Waals surface area contributed by atoms with Gasteiger partial charge in [-0.15, -0.1) is 0 Å². The van der Waals surface area contributed by atoms with E-state index >= 15 is 0 Å². The lowest BCUT2D eigenvalue weighted by atomic mass is 10.2. The van der Waals surface area contributed by atoms with Crippen LogP contribution in [0.4, 0.5) is 20.2 Å². The Morgan fingerprint density at radius 1 is 1.17 bits per heavy atom. The highest BCUT2D eigenvalue weighted by atomic mass is 19.2. The lowest BCUT2D eigenvalue weighted by Crippen LogP contribution is -2.32. The number of aryl methyl sites for hydroxylation is 1. The van der Waals surface area contributed by atoms with Gasteiger partial charge in [-0.3, -0.25) is 14.9 Å². The Bertz CT molecular complexity index is 1020. The number of hydrogen-bond acceptors (Lipinski definition) is 4. The number of rotatable bonds is 4. The summed E-state index contributed by atoms with van der Waals surface area (Å²) in [6.45, 7) is 1.93. The zero-order chi connectivity index (χ0) is 21.0. The van der Waals surface area contributed by atoms with Crippen molar-refractivity contribution >= 4 is 35.1 Å². The molecule has 3 rings (SSSR count). The number of nitrogens with zero attached hydrogens (tertiary/aromatic N) is 2. The molecule has 0 aromatic heterocycles. The average Bonchev–Trinajstić information content (AvgIpc) is 2.96. The summed E-state index contributed by atoms with van der Waals surface area (Å²) >= 11 is 0. The third-order valence-corrected chi connectivity index (χ3v) is 3.91. The number of nitrogens with one attached hydrogen (secondary N) is 3. The molecule has 8 nitrogen and oxygen atoms in total. The molecular formula is C19H18F2N6O2. The maximum atomic E-state index is 13.2. The summed E-state index contributed by atoms with van der Waals surface area (Å²) in [5.74, 6) is -3.24. The van der Waals surface area contributed by atoms with Crippen molar-refractivity contribution in [3.05, 3.63) is 59.7 Å². The number of halogens is 2. The van der Waals surface area contributed by atoms with Crippen LogP contribution in [-0.2, 0) is 9.59 Å². The van der Waals surface area contributed by atoms with Crippen molar-refractivity contribution in [1.29, 1.82) is 0 Å². The average molecular weight is 400 g/mol. The highest BCUT2D eigenvalue weighted by Crippen LogP contribution is 2.15. The van der Waals surface area contributed by atoms with Gasteiger partial charge in [0.15, 0.2) is 11.6 Å². The Morgan fingerprint density at radius 2 is 1.93 bits per heavy atom. The fourth-order valence-electron chi connectivity index (χ4n) is 2.60. The second-order valence-corrected chi connectivity index (χ2v) is 6.33. The second kappa shape index (κ2) is 8.46. The van der Waals surface area contributed by atoms with E-state index in [0.29, 0.717) is 0 Å². The number of amides is 2. The molecule has 0 aliphatic carbocycles. The lowest BCUT2D eigenvalue weighted by molar-refractivity contribution is -0.123. The molecule has 2 aromatic rings. The third kappa shape index (κ3) is 5.34. The van der Waals surface area contributed by atoms with Crippen LogP contribution in [0.5, 0.6) is 0 Å².